The van der Waals surface area contributed by atoms with Gasteiger partial charge in [-0.2, -0.15) is 0 Å². The van der Waals surface area contributed by atoms with Gasteiger partial charge in [-0.1, -0.05) is 24.3 Å². The predicted octanol–water partition coefficient (Wildman–Crippen LogP) is 6.02. The molecule has 0 bridgehead atoms. The number of benzene rings is 3. The van der Waals surface area contributed by atoms with Crippen LogP contribution in [0.2, 0.25) is 0 Å². The average molecular weight is 440 g/mol. The van der Waals surface area contributed by atoms with Crippen molar-refractivity contribution in [3.05, 3.63) is 95.1 Å². The Morgan fingerprint density at radius 2 is 1.53 bits per heavy atom. The summed E-state index contributed by atoms with van der Waals surface area (Å²) in [6, 6.07) is 18.5. The van der Waals surface area contributed by atoms with Crippen LogP contribution in [-0.2, 0) is 22.6 Å². The number of hydrogen-bond donors (Lipinski definition) is 1. The molecule has 1 aliphatic heterocycles. The molecular weight excluding hydrogens is 412 g/mol. The smallest absolute Gasteiger partial charge is 0.132 e. The van der Waals surface area contributed by atoms with Crippen molar-refractivity contribution < 1.29 is 23.0 Å². The zero-order chi connectivity index (χ0) is 22.7. The van der Waals surface area contributed by atoms with E-state index in [9.17, 15) is 8.78 Å². The van der Waals surface area contributed by atoms with Crippen LogP contribution in [0.5, 0.6) is 5.75 Å². The van der Waals surface area contributed by atoms with E-state index < -0.39 is 5.60 Å². The first kappa shape index (κ1) is 22.2. The van der Waals surface area contributed by atoms with Gasteiger partial charge in [-0.25, -0.2) is 8.78 Å². The third kappa shape index (κ3) is 4.92. The molecule has 1 aliphatic rings. The molecule has 1 N–H and O–H groups in total. The number of hydrogen-bond acceptors (Lipinski definition) is 4. The van der Waals surface area contributed by atoms with Gasteiger partial charge in [0.1, 0.15) is 35.2 Å². The second kappa shape index (κ2) is 9.27. The fourth-order valence-electron chi connectivity index (χ4n) is 3.95. The van der Waals surface area contributed by atoms with Gasteiger partial charge in [0.15, 0.2) is 0 Å². The molecule has 3 aromatic rings. The van der Waals surface area contributed by atoms with E-state index in [1.165, 1.54) is 24.3 Å². The van der Waals surface area contributed by atoms with E-state index in [4.69, 9.17) is 14.2 Å². The van der Waals surface area contributed by atoms with Crippen LogP contribution in [0.15, 0.2) is 66.7 Å². The van der Waals surface area contributed by atoms with E-state index in [0.29, 0.717) is 13.2 Å². The van der Waals surface area contributed by atoms with Gasteiger partial charge >= 0.3 is 0 Å². The molecule has 168 valence electrons. The van der Waals surface area contributed by atoms with Crippen LogP contribution < -0.4 is 10.1 Å². The third-order valence-electron chi connectivity index (χ3n) is 5.66. The molecule has 0 saturated carbocycles. The second-order valence-electron chi connectivity index (χ2n) is 8.45. The van der Waals surface area contributed by atoms with Crippen LogP contribution in [0.4, 0.5) is 14.5 Å². The predicted molar refractivity (Wildman–Crippen MR) is 120 cm³/mol. The van der Waals surface area contributed by atoms with E-state index >= 15 is 0 Å². The molecule has 0 fully saturated rings. The summed E-state index contributed by atoms with van der Waals surface area (Å²) in [6.07, 6.45) is -0.723. The Morgan fingerprint density at radius 3 is 2.16 bits per heavy atom. The summed E-state index contributed by atoms with van der Waals surface area (Å²) in [5.41, 5.74) is 3.01. The minimum atomic E-state index is -0.628. The number of rotatable bonds is 7. The first-order chi connectivity index (χ1) is 15.4. The molecule has 4 nitrogen and oxygen atoms in total. The molecule has 32 heavy (non-hydrogen) atoms. The van der Waals surface area contributed by atoms with Gasteiger partial charge in [0.05, 0.1) is 6.61 Å². The maximum Gasteiger partial charge on any atom is 0.132 e. The van der Waals surface area contributed by atoms with Crippen LogP contribution in [0, 0.1) is 11.6 Å². The van der Waals surface area contributed by atoms with Crippen molar-refractivity contribution in [2.24, 2.45) is 0 Å². The van der Waals surface area contributed by atoms with Crippen LogP contribution >= 0.6 is 0 Å². The maximum absolute atomic E-state index is 13.2. The Labute approximate surface area is 187 Å². The van der Waals surface area contributed by atoms with Crippen molar-refractivity contribution >= 4 is 5.69 Å². The summed E-state index contributed by atoms with van der Waals surface area (Å²) in [5, 5.41) is 3.36. The zero-order valence-corrected chi connectivity index (χ0v) is 18.4. The molecule has 0 aromatic heterocycles. The molecule has 2 atom stereocenters. The molecule has 3 aromatic carbocycles. The largest absolute Gasteiger partial charge is 0.485 e. The molecule has 4 rings (SSSR count). The number of nitrogens with one attached hydrogen (secondary N) is 1. The molecule has 0 radical (unpaired) electrons. The Balaban J connectivity index is 1.52. The molecular formula is C26H27F2NO3. The molecule has 0 spiro atoms. The highest BCUT2D eigenvalue weighted by Gasteiger charge is 2.45. The van der Waals surface area contributed by atoms with Crippen molar-refractivity contribution in [1.29, 1.82) is 0 Å². The van der Waals surface area contributed by atoms with Crippen molar-refractivity contribution in [2.45, 2.75) is 44.8 Å². The van der Waals surface area contributed by atoms with Gasteiger partial charge in [-0.3, -0.25) is 0 Å². The number of fused-ring (bicyclic) bond motifs is 1. The lowest BCUT2D eigenvalue weighted by molar-refractivity contribution is -0.159. The highest BCUT2D eigenvalue weighted by Crippen LogP contribution is 2.44. The van der Waals surface area contributed by atoms with Crippen LogP contribution in [0.25, 0.3) is 0 Å². The topological polar surface area (TPSA) is 39.7 Å². The van der Waals surface area contributed by atoms with Gasteiger partial charge in [-0.15, -0.1) is 0 Å². The Bertz CT molecular complexity index is 1050. The number of halogens is 2. The van der Waals surface area contributed by atoms with Crippen LogP contribution in [0.3, 0.4) is 0 Å². The summed E-state index contributed by atoms with van der Waals surface area (Å²) in [5.74, 6) is 0.215. The summed E-state index contributed by atoms with van der Waals surface area (Å²) < 4.78 is 44.7. The fraction of sp³-hybridized carbons (Fsp3) is 0.308. The quantitative estimate of drug-likeness (QED) is 0.489. The lowest BCUT2D eigenvalue weighted by Gasteiger charge is -2.44. The summed E-state index contributed by atoms with van der Waals surface area (Å²) >= 11 is 0. The van der Waals surface area contributed by atoms with Crippen LogP contribution in [-0.4, -0.2) is 18.8 Å². The van der Waals surface area contributed by atoms with Crippen molar-refractivity contribution in [1.82, 2.24) is 0 Å². The Kier molecular flexibility index (Phi) is 6.44. The molecule has 1 heterocycles. The number of anilines is 1. The summed E-state index contributed by atoms with van der Waals surface area (Å²) in [4.78, 5) is 0. The molecule has 0 saturated heterocycles. The fourth-order valence-corrected chi connectivity index (χ4v) is 3.95. The Morgan fingerprint density at radius 1 is 0.906 bits per heavy atom. The van der Waals surface area contributed by atoms with Crippen molar-refractivity contribution in [3.63, 3.8) is 0 Å². The Hall–Kier alpha value is -2.96. The van der Waals surface area contributed by atoms with Gasteiger partial charge in [0.25, 0.3) is 0 Å². The maximum atomic E-state index is 13.2. The highest BCUT2D eigenvalue weighted by molar-refractivity contribution is 5.53. The summed E-state index contributed by atoms with van der Waals surface area (Å²) in [6.45, 7) is 4.82. The first-order valence-electron chi connectivity index (χ1n) is 10.6. The van der Waals surface area contributed by atoms with Gasteiger partial charge in [-0.05, 0) is 67.4 Å². The molecule has 0 aliphatic carbocycles. The second-order valence-corrected chi connectivity index (χ2v) is 8.45. The van der Waals surface area contributed by atoms with E-state index in [-0.39, 0.29) is 23.8 Å². The average Bonchev–Trinajstić information content (AvgIpc) is 2.78. The van der Waals surface area contributed by atoms with Crippen LogP contribution in [0.1, 0.15) is 36.6 Å². The highest BCUT2D eigenvalue weighted by atomic mass is 19.1. The van der Waals surface area contributed by atoms with Gasteiger partial charge in [0, 0.05) is 24.9 Å². The zero-order valence-electron chi connectivity index (χ0n) is 18.4. The minimum absolute atomic E-state index is 0.253. The van der Waals surface area contributed by atoms with E-state index in [1.54, 1.807) is 31.4 Å². The number of methoxy groups -OCH3 is 1. The molecule has 0 amide bonds. The standard InChI is InChI=1S/C26H27F2NO3/c1-26(2)25(31-16-18-6-10-20(28)11-7-18)24(30-3)22-14-21(12-13-23(22)32-26)29-15-17-4-8-19(27)9-5-17/h4-14,24-25,29H,15-16H2,1-3H3. The number of ether oxygens (including phenoxy) is 3. The van der Waals surface area contributed by atoms with E-state index in [2.05, 4.69) is 5.32 Å². The SMILES string of the molecule is COC1c2cc(NCc3ccc(F)cc3)ccc2OC(C)(C)C1OCc1ccc(F)cc1. The summed E-state index contributed by atoms with van der Waals surface area (Å²) in [7, 11) is 1.66. The molecule has 6 heteroatoms. The monoisotopic (exact) mass is 439 g/mol. The lowest BCUT2D eigenvalue weighted by Crippen LogP contribution is -2.50. The van der Waals surface area contributed by atoms with Crippen molar-refractivity contribution in [2.75, 3.05) is 12.4 Å². The lowest BCUT2D eigenvalue weighted by atomic mass is 9.88. The third-order valence-corrected chi connectivity index (χ3v) is 5.66. The van der Waals surface area contributed by atoms with Gasteiger partial charge < -0.3 is 19.5 Å². The van der Waals surface area contributed by atoms with E-state index in [0.717, 1.165) is 28.1 Å². The molecule has 2 unspecified atom stereocenters. The van der Waals surface area contributed by atoms with Gasteiger partial charge in [0.2, 0.25) is 0 Å². The minimum Gasteiger partial charge on any atom is -0.485 e. The first-order valence-corrected chi connectivity index (χ1v) is 10.6. The normalized spacial score (nSPS) is 19.2. The van der Waals surface area contributed by atoms with E-state index in [1.807, 2.05) is 32.0 Å². The van der Waals surface area contributed by atoms with Crippen molar-refractivity contribution in [3.8, 4) is 5.75 Å².